The summed E-state index contributed by atoms with van der Waals surface area (Å²) in [4.78, 5) is 4.29. The van der Waals surface area contributed by atoms with Crippen LogP contribution in [-0.4, -0.2) is 20.1 Å². The zero-order valence-electron chi connectivity index (χ0n) is 17.6. The number of rotatable bonds is 9. The van der Waals surface area contributed by atoms with Crippen LogP contribution in [0.2, 0.25) is 0 Å². The van der Waals surface area contributed by atoms with Crippen molar-refractivity contribution < 1.29 is 9.47 Å². The molecular formula is C25H29N3O2. The van der Waals surface area contributed by atoms with E-state index in [1.54, 1.807) is 14.2 Å². The summed E-state index contributed by atoms with van der Waals surface area (Å²) in [6.07, 6.45) is 0. The Labute approximate surface area is 178 Å². The first-order valence-electron chi connectivity index (χ1n) is 10.0. The van der Waals surface area contributed by atoms with Crippen LogP contribution in [0.3, 0.4) is 0 Å². The summed E-state index contributed by atoms with van der Waals surface area (Å²) in [5.74, 6) is 1.61. The second-order valence-electron chi connectivity index (χ2n) is 6.89. The number of guanidine groups is 1. The zero-order valence-corrected chi connectivity index (χ0v) is 17.6. The average Bonchev–Trinajstić information content (AvgIpc) is 2.81. The van der Waals surface area contributed by atoms with Crippen molar-refractivity contribution in [3.8, 4) is 5.75 Å². The molecule has 3 aromatic rings. The largest absolute Gasteiger partial charge is 0.496 e. The fourth-order valence-corrected chi connectivity index (χ4v) is 3.05. The third kappa shape index (κ3) is 6.64. The minimum Gasteiger partial charge on any atom is -0.496 e. The van der Waals surface area contributed by atoms with Crippen LogP contribution in [0.25, 0.3) is 0 Å². The standard InChI is InChI=1S/C25H29N3O2/c1-26-25(28-17-23-10-6-7-11-24(23)29-2)27-16-20-12-14-22(15-13-20)19-30-18-21-8-4-3-5-9-21/h3-15H,16-19H2,1-2H3,(H2,26,27,28). The summed E-state index contributed by atoms with van der Waals surface area (Å²) in [7, 11) is 3.45. The highest BCUT2D eigenvalue weighted by Gasteiger charge is 2.04. The van der Waals surface area contributed by atoms with Crippen LogP contribution in [0.5, 0.6) is 5.75 Å². The van der Waals surface area contributed by atoms with Crippen molar-refractivity contribution in [3.05, 3.63) is 101 Å². The molecule has 0 aliphatic carbocycles. The quantitative estimate of drug-likeness (QED) is 0.414. The molecule has 30 heavy (non-hydrogen) atoms. The molecule has 0 saturated carbocycles. The van der Waals surface area contributed by atoms with Crippen molar-refractivity contribution in [2.24, 2.45) is 4.99 Å². The van der Waals surface area contributed by atoms with Gasteiger partial charge in [-0.05, 0) is 22.8 Å². The number of nitrogens with one attached hydrogen (secondary N) is 2. The Hall–Kier alpha value is -3.31. The van der Waals surface area contributed by atoms with Crippen molar-refractivity contribution in [2.45, 2.75) is 26.3 Å². The normalized spacial score (nSPS) is 11.2. The van der Waals surface area contributed by atoms with E-state index >= 15 is 0 Å². The van der Waals surface area contributed by atoms with Crippen molar-refractivity contribution in [3.63, 3.8) is 0 Å². The van der Waals surface area contributed by atoms with Crippen molar-refractivity contribution in [1.29, 1.82) is 0 Å². The summed E-state index contributed by atoms with van der Waals surface area (Å²) < 4.78 is 11.2. The number of ether oxygens (including phenoxy) is 2. The predicted octanol–water partition coefficient (Wildman–Crippen LogP) is 4.28. The van der Waals surface area contributed by atoms with Crippen molar-refractivity contribution in [1.82, 2.24) is 10.6 Å². The van der Waals surface area contributed by atoms with E-state index in [1.165, 1.54) is 11.1 Å². The monoisotopic (exact) mass is 403 g/mol. The Morgan fingerprint density at radius 2 is 1.33 bits per heavy atom. The van der Waals surface area contributed by atoms with Gasteiger partial charge in [-0.3, -0.25) is 4.99 Å². The molecule has 0 bridgehead atoms. The number of hydrogen-bond acceptors (Lipinski definition) is 3. The Morgan fingerprint density at radius 1 is 0.733 bits per heavy atom. The SMILES string of the molecule is CN=C(NCc1ccc(COCc2ccccc2)cc1)NCc1ccccc1OC. The van der Waals surface area contributed by atoms with Crippen LogP contribution in [0.15, 0.2) is 83.9 Å². The van der Waals surface area contributed by atoms with Gasteiger partial charge in [-0.2, -0.15) is 0 Å². The predicted molar refractivity (Wildman–Crippen MR) is 121 cm³/mol. The lowest BCUT2D eigenvalue weighted by Crippen LogP contribution is -2.36. The number of methoxy groups -OCH3 is 1. The van der Waals surface area contributed by atoms with Crippen molar-refractivity contribution in [2.75, 3.05) is 14.2 Å². The van der Waals surface area contributed by atoms with Gasteiger partial charge in [0.05, 0.1) is 20.3 Å². The molecule has 0 atom stereocenters. The van der Waals surface area contributed by atoms with Crippen LogP contribution < -0.4 is 15.4 Å². The molecule has 5 nitrogen and oxygen atoms in total. The van der Waals surface area contributed by atoms with Gasteiger partial charge in [0.1, 0.15) is 5.75 Å². The summed E-state index contributed by atoms with van der Waals surface area (Å²) in [5.41, 5.74) is 4.61. The first-order chi connectivity index (χ1) is 14.8. The topological polar surface area (TPSA) is 54.9 Å². The molecule has 0 heterocycles. The smallest absolute Gasteiger partial charge is 0.191 e. The summed E-state index contributed by atoms with van der Waals surface area (Å²) in [6, 6.07) is 26.6. The minimum absolute atomic E-state index is 0.602. The van der Waals surface area contributed by atoms with Gasteiger partial charge in [-0.25, -0.2) is 0 Å². The maximum Gasteiger partial charge on any atom is 0.191 e. The maximum atomic E-state index is 5.80. The zero-order chi connectivity index (χ0) is 21.0. The van der Waals surface area contributed by atoms with Crippen LogP contribution in [-0.2, 0) is 31.0 Å². The molecule has 0 aromatic heterocycles. The average molecular weight is 404 g/mol. The van der Waals surface area contributed by atoms with E-state index in [-0.39, 0.29) is 0 Å². The van der Waals surface area contributed by atoms with Crippen LogP contribution in [0.1, 0.15) is 22.3 Å². The molecule has 156 valence electrons. The Morgan fingerprint density at radius 3 is 2.03 bits per heavy atom. The fourth-order valence-electron chi connectivity index (χ4n) is 3.05. The minimum atomic E-state index is 0.602. The molecule has 0 spiro atoms. The highest BCUT2D eigenvalue weighted by atomic mass is 16.5. The highest BCUT2D eigenvalue weighted by molar-refractivity contribution is 5.79. The van der Waals surface area contributed by atoms with E-state index in [4.69, 9.17) is 9.47 Å². The van der Waals surface area contributed by atoms with Gasteiger partial charge in [0.25, 0.3) is 0 Å². The summed E-state index contributed by atoms with van der Waals surface area (Å²) in [5, 5.41) is 6.67. The van der Waals surface area contributed by atoms with Crippen molar-refractivity contribution >= 4 is 5.96 Å². The van der Waals surface area contributed by atoms with E-state index in [0.29, 0.717) is 26.3 Å². The third-order valence-corrected chi connectivity index (χ3v) is 4.73. The van der Waals surface area contributed by atoms with Crippen LogP contribution >= 0.6 is 0 Å². The first kappa shape index (κ1) is 21.4. The molecular weight excluding hydrogens is 374 g/mol. The molecule has 2 N–H and O–H groups in total. The molecule has 3 aromatic carbocycles. The summed E-state index contributed by atoms with van der Waals surface area (Å²) >= 11 is 0. The number of aliphatic imine (C=N–C) groups is 1. The number of hydrogen-bond donors (Lipinski definition) is 2. The van der Waals surface area contributed by atoms with E-state index in [9.17, 15) is 0 Å². The van der Waals surface area contributed by atoms with E-state index in [0.717, 1.165) is 22.8 Å². The van der Waals surface area contributed by atoms with Gasteiger partial charge < -0.3 is 20.1 Å². The van der Waals surface area contributed by atoms with Gasteiger partial charge in [0.2, 0.25) is 0 Å². The van der Waals surface area contributed by atoms with Crippen LogP contribution in [0.4, 0.5) is 0 Å². The number of nitrogens with zero attached hydrogens (tertiary/aromatic N) is 1. The molecule has 0 saturated heterocycles. The van der Waals surface area contributed by atoms with Gasteiger partial charge >= 0.3 is 0 Å². The molecule has 0 amide bonds. The second-order valence-corrected chi connectivity index (χ2v) is 6.89. The molecule has 0 radical (unpaired) electrons. The molecule has 0 unspecified atom stereocenters. The molecule has 0 aliphatic heterocycles. The second kappa shape index (κ2) is 11.6. The lowest BCUT2D eigenvalue weighted by molar-refractivity contribution is 0.107. The fraction of sp³-hybridized carbons (Fsp3) is 0.240. The first-order valence-corrected chi connectivity index (χ1v) is 10.0. The highest BCUT2D eigenvalue weighted by Crippen LogP contribution is 2.16. The Balaban J connectivity index is 1.43. The molecule has 0 aliphatic rings. The third-order valence-electron chi connectivity index (χ3n) is 4.73. The lowest BCUT2D eigenvalue weighted by atomic mass is 10.1. The Bertz CT molecular complexity index is 925. The van der Waals surface area contributed by atoms with E-state index in [2.05, 4.69) is 52.0 Å². The van der Waals surface area contributed by atoms with E-state index in [1.807, 2.05) is 42.5 Å². The van der Waals surface area contributed by atoms with Gasteiger partial charge in [0.15, 0.2) is 5.96 Å². The summed E-state index contributed by atoms with van der Waals surface area (Å²) in [6.45, 7) is 2.56. The maximum absolute atomic E-state index is 5.80. The molecule has 5 heteroatoms. The van der Waals surface area contributed by atoms with Gasteiger partial charge in [-0.15, -0.1) is 0 Å². The Kier molecular flexibility index (Phi) is 8.30. The van der Waals surface area contributed by atoms with E-state index < -0.39 is 0 Å². The van der Waals surface area contributed by atoms with Crippen LogP contribution in [0, 0.1) is 0 Å². The molecule has 3 rings (SSSR count). The number of benzene rings is 3. The van der Waals surface area contributed by atoms with Gasteiger partial charge in [-0.1, -0.05) is 72.8 Å². The number of para-hydroxylation sites is 1. The van der Waals surface area contributed by atoms with Gasteiger partial charge in [0, 0.05) is 25.7 Å². The lowest BCUT2D eigenvalue weighted by Gasteiger charge is -2.14. The molecule has 0 fully saturated rings.